The lowest BCUT2D eigenvalue weighted by atomic mass is 10.2. The van der Waals surface area contributed by atoms with Crippen LogP contribution in [-0.2, 0) is 0 Å². The quantitative estimate of drug-likeness (QED) is 0.843. The maximum atomic E-state index is 4.55. The summed E-state index contributed by atoms with van der Waals surface area (Å²) in [6, 6.07) is 2.54. The van der Waals surface area contributed by atoms with E-state index in [0.29, 0.717) is 6.04 Å². The zero-order chi connectivity index (χ0) is 11.7. The Kier molecular flexibility index (Phi) is 2.82. The number of piperazine rings is 1. The first-order valence-electron chi connectivity index (χ1n) is 5.76. The molecule has 2 aromatic rings. The van der Waals surface area contributed by atoms with Crippen molar-refractivity contribution in [2.24, 2.45) is 0 Å². The molecule has 1 saturated heterocycles. The Balaban J connectivity index is 1.80. The van der Waals surface area contributed by atoms with Gasteiger partial charge < -0.3 is 10.2 Å². The molecule has 0 bridgehead atoms. The molecule has 1 aliphatic rings. The molecule has 1 fully saturated rings. The van der Waals surface area contributed by atoms with E-state index in [1.807, 2.05) is 5.38 Å². The van der Waals surface area contributed by atoms with Crippen LogP contribution in [0, 0.1) is 0 Å². The van der Waals surface area contributed by atoms with Gasteiger partial charge in [-0.15, -0.1) is 5.10 Å². The van der Waals surface area contributed by atoms with Gasteiger partial charge in [0.05, 0.1) is 0 Å². The first-order valence-corrected chi connectivity index (χ1v) is 6.70. The average Bonchev–Trinajstić information content (AvgIpc) is 3.00. The van der Waals surface area contributed by atoms with E-state index in [9.17, 15) is 0 Å². The molecule has 3 heterocycles. The molecule has 17 heavy (non-hydrogen) atoms. The predicted octanol–water partition coefficient (Wildman–Crippen LogP) is 1.33. The molecular weight excluding hydrogens is 234 g/mol. The fourth-order valence-electron chi connectivity index (χ4n) is 2.04. The van der Waals surface area contributed by atoms with Crippen molar-refractivity contribution in [3.05, 3.63) is 16.8 Å². The first-order chi connectivity index (χ1) is 8.33. The molecule has 5 nitrogen and oxygen atoms in total. The van der Waals surface area contributed by atoms with Gasteiger partial charge in [0.25, 0.3) is 0 Å². The van der Waals surface area contributed by atoms with Crippen LogP contribution in [0.15, 0.2) is 16.8 Å². The number of nitrogens with zero attached hydrogens (tertiary/aromatic N) is 3. The van der Waals surface area contributed by atoms with Crippen LogP contribution in [0.25, 0.3) is 11.4 Å². The number of anilines is 1. The van der Waals surface area contributed by atoms with E-state index < -0.39 is 0 Å². The molecule has 0 aromatic carbocycles. The van der Waals surface area contributed by atoms with Crippen molar-refractivity contribution in [1.82, 2.24) is 20.5 Å². The van der Waals surface area contributed by atoms with E-state index in [1.165, 1.54) is 0 Å². The summed E-state index contributed by atoms with van der Waals surface area (Å²) in [7, 11) is 0. The Labute approximate surface area is 104 Å². The van der Waals surface area contributed by atoms with Crippen LogP contribution < -0.4 is 10.2 Å². The van der Waals surface area contributed by atoms with Crippen LogP contribution >= 0.6 is 11.3 Å². The SMILES string of the molecule is CC1CN(c2n[nH]c(-c3ccsc3)n2)CCN1. The molecule has 2 aromatic heterocycles. The number of aromatic amines is 1. The summed E-state index contributed by atoms with van der Waals surface area (Å²) < 4.78 is 0. The number of H-pyrrole nitrogens is 1. The number of hydrogen-bond donors (Lipinski definition) is 2. The van der Waals surface area contributed by atoms with Crippen LogP contribution in [0.3, 0.4) is 0 Å². The van der Waals surface area contributed by atoms with E-state index in [-0.39, 0.29) is 0 Å². The van der Waals surface area contributed by atoms with Crippen LogP contribution in [0.1, 0.15) is 6.92 Å². The summed E-state index contributed by atoms with van der Waals surface area (Å²) in [5.41, 5.74) is 1.11. The molecule has 1 atom stereocenters. The number of thiophene rings is 1. The Morgan fingerprint density at radius 1 is 1.53 bits per heavy atom. The summed E-state index contributed by atoms with van der Waals surface area (Å²) in [5, 5.41) is 14.8. The highest BCUT2D eigenvalue weighted by Gasteiger charge is 2.19. The average molecular weight is 249 g/mol. The molecule has 0 aliphatic carbocycles. The number of rotatable bonds is 2. The highest BCUT2D eigenvalue weighted by Crippen LogP contribution is 2.20. The van der Waals surface area contributed by atoms with Gasteiger partial charge in [0, 0.05) is 36.6 Å². The second kappa shape index (κ2) is 4.46. The second-order valence-electron chi connectivity index (χ2n) is 4.30. The van der Waals surface area contributed by atoms with Crippen LogP contribution in [0.5, 0.6) is 0 Å². The largest absolute Gasteiger partial charge is 0.337 e. The van der Waals surface area contributed by atoms with E-state index in [4.69, 9.17) is 0 Å². The minimum absolute atomic E-state index is 0.492. The van der Waals surface area contributed by atoms with Crippen molar-refractivity contribution < 1.29 is 0 Å². The zero-order valence-corrected chi connectivity index (χ0v) is 10.5. The van der Waals surface area contributed by atoms with Crippen LogP contribution in [-0.4, -0.2) is 40.9 Å². The molecule has 0 radical (unpaired) electrons. The van der Waals surface area contributed by atoms with E-state index in [0.717, 1.165) is 37.0 Å². The van der Waals surface area contributed by atoms with Crippen LogP contribution in [0.4, 0.5) is 5.95 Å². The minimum Gasteiger partial charge on any atom is -0.337 e. The van der Waals surface area contributed by atoms with Gasteiger partial charge in [0.2, 0.25) is 5.95 Å². The summed E-state index contributed by atoms with van der Waals surface area (Å²) in [4.78, 5) is 6.76. The lowest BCUT2D eigenvalue weighted by molar-refractivity contribution is 0.480. The normalized spacial score (nSPS) is 20.8. The third-order valence-corrected chi connectivity index (χ3v) is 3.60. The van der Waals surface area contributed by atoms with Gasteiger partial charge in [0.1, 0.15) is 0 Å². The van der Waals surface area contributed by atoms with Gasteiger partial charge in [-0.25, -0.2) is 0 Å². The first kappa shape index (κ1) is 10.7. The Morgan fingerprint density at radius 3 is 3.24 bits per heavy atom. The molecule has 0 amide bonds. The van der Waals surface area contributed by atoms with Crippen molar-refractivity contribution in [3.8, 4) is 11.4 Å². The summed E-state index contributed by atoms with van der Waals surface area (Å²) in [6.45, 7) is 5.09. The molecule has 0 spiro atoms. The van der Waals surface area contributed by atoms with Gasteiger partial charge in [-0.05, 0) is 18.4 Å². The van der Waals surface area contributed by atoms with Gasteiger partial charge in [0.15, 0.2) is 5.82 Å². The fourth-order valence-corrected chi connectivity index (χ4v) is 2.68. The molecule has 2 N–H and O–H groups in total. The molecule has 0 saturated carbocycles. The monoisotopic (exact) mass is 249 g/mol. The maximum Gasteiger partial charge on any atom is 0.245 e. The minimum atomic E-state index is 0.492. The van der Waals surface area contributed by atoms with Crippen molar-refractivity contribution in [3.63, 3.8) is 0 Å². The van der Waals surface area contributed by atoms with Crippen molar-refractivity contribution in [2.45, 2.75) is 13.0 Å². The highest BCUT2D eigenvalue weighted by molar-refractivity contribution is 7.08. The fraction of sp³-hybridized carbons (Fsp3) is 0.455. The molecular formula is C11H15N5S. The van der Waals surface area contributed by atoms with Gasteiger partial charge in [-0.3, -0.25) is 5.10 Å². The van der Waals surface area contributed by atoms with Gasteiger partial charge >= 0.3 is 0 Å². The third kappa shape index (κ3) is 2.18. The van der Waals surface area contributed by atoms with E-state index in [2.05, 4.69) is 43.8 Å². The summed E-state index contributed by atoms with van der Waals surface area (Å²) >= 11 is 1.67. The Bertz CT molecular complexity index is 478. The molecule has 1 unspecified atom stereocenters. The Hall–Kier alpha value is -1.40. The van der Waals surface area contributed by atoms with Gasteiger partial charge in [-0.1, -0.05) is 0 Å². The van der Waals surface area contributed by atoms with Crippen molar-refractivity contribution >= 4 is 17.3 Å². The number of nitrogens with one attached hydrogen (secondary N) is 2. The smallest absolute Gasteiger partial charge is 0.245 e. The maximum absolute atomic E-state index is 4.55. The third-order valence-electron chi connectivity index (χ3n) is 2.92. The lowest BCUT2D eigenvalue weighted by Crippen LogP contribution is -2.49. The highest BCUT2D eigenvalue weighted by atomic mass is 32.1. The van der Waals surface area contributed by atoms with Crippen LogP contribution in [0.2, 0.25) is 0 Å². The lowest BCUT2D eigenvalue weighted by Gasteiger charge is -2.30. The molecule has 1 aliphatic heterocycles. The standard InChI is InChI=1S/C11H15N5S/c1-8-6-16(4-3-12-8)11-13-10(14-15-11)9-2-5-17-7-9/h2,5,7-8,12H,3-4,6H2,1H3,(H,13,14,15). The van der Waals surface area contributed by atoms with Crippen molar-refractivity contribution in [1.29, 1.82) is 0 Å². The van der Waals surface area contributed by atoms with Gasteiger partial charge in [-0.2, -0.15) is 16.3 Å². The van der Waals surface area contributed by atoms with E-state index >= 15 is 0 Å². The second-order valence-corrected chi connectivity index (χ2v) is 5.08. The summed E-state index contributed by atoms with van der Waals surface area (Å²) in [5.74, 6) is 1.66. The number of hydrogen-bond acceptors (Lipinski definition) is 5. The molecule has 6 heteroatoms. The molecule has 90 valence electrons. The summed E-state index contributed by atoms with van der Waals surface area (Å²) in [6.07, 6.45) is 0. The molecule has 3 rings (SSSR count). The topological polar surface area (TPSA) is 56.8 Å². The Morgan fingerprint density at radius 2 is 2.47 bits per heavy atom. The number of aromatic nitrogens is 3. The van der Waals surface area contributed by atoms with E-state index in [1.54, 1.807) is 11.3 Å². The van der Waals surface area contributed by atoms with Crippen molar-refractivity contribution in [2.75, 3.05) is 24.5 Å². The predicted molar refractivity (Wildman–Crippen MR) is 69.4 cm³/mol. The zero-order valence-electron chi connectivity index (χ0n) is 9.68.